The minimum absolute atomic E-state index is 0.0308. The van der Waals surface area contributed by atoms with Gasteiger partial charge in [-0.1, -0.05) is 13.3 Å². The highest BCUT2D eigenvalue weighted by atomic mass is 127. The molecule has 0 unspecified atom stereocenters. The lowest BCUT2D eigenvalue weighted by atomic mass is 9.95. The van der Waals surface area contributed by atoms with Gasteiger partial charge in [0.1, 0.15) is 0 Å². The highest BCUT2D eigenvalue weighted by Crippen LogP contribution is 2.26. The summed E-state index contributed by atoms with van der Waals surface area (Å²) in [6.45, 7) is 6.24. The Morgan fingerprint density at radius 1 is 1.12 bits per heavy atom. The smallest absolute Gasteiger partial charge is 0.206 e. The molecule has 0 aromatic carbocycles. The maximum absolute atomic E-state index is 12.0. The molecular formula is C12H16INO2. The molecule has 0 spiro atoms. The molecule has 1 aliphatic rings. The average Bonchev–Trinajstić information content (AvgIpc) is 2.28. The summed E-state index contributed by atoms with van der Waals surface area (Å²) in [5.41, 5.74) is 1.60. The number of hydrogen-bond donors (Lipinski definition) is 1. The van der Waals surface area contributed by atoms with Crippen molar-refractivity contribution in [3.63, 3.8) is 0 Å². The van der Waals surface area contributed by atoms with Gasteiger partial charge in [0.2, 0.25) is 5.78 Å². The lowest BCUT2D eigenvalue weighted by Gasteiger charge is -2.18. The molecule has 0 aliphatic heterocycles. The molecule has 0 aromatic heterocycles. The molecule has 0 atom stereocenters. The van der Waals surface area contributed by atoms with Crippen molar-refractivity contribution < 1.29 is 9.59 Å². The number of carbonyl (C=O) groups is 2. The van der Waals surface area contributed by atoms with Gasteiger partial charge in [0.25, 0.3) is 0 Å². The maximum atomic E-state index is 12.0. The third-order valence-electron chi connectivity index (χ3n) is 2.72. The van der Waals surface area contributed by atoms with Gasteiger partial charge in [-0.3, -0.25) is 9.59 Å². The normalized spacial score (nSPS) is 17.2. The first-order valence-electron chi connectivity index (χ1n) is 5.41. The van der Waals surface area contributed by atoms with Gasteiger partial charge in [0, 0.05) is 17.7 Å². The van der Waals surface area contributed by atoms with Crippen LogP contribution >= 0.6 is 22.6 Å². The molecule has 0 fully saturated rings. The minimum Gasteiger partial charge on any atom is -0.381 e. The first-order chi connectivity index (χ1) is 7.50. The summed E-state index contributed by atoms with van der Waals surface area (Å²) in [5, 5.41) is 3.07. The number of allylic oxidation sites excluding steroid dienone is 3. The van der Waals surface area contributed by atoms with Crippen molar-refractivity contribution in [2.45, 2.75) is 33.6 Å². The first-order valence-corrected chi connectivity index (χ1v) is 6.49. The third kappa shape index (κ3) is 2.53. The number of hydrogen-bond acceptors (Lipinski definition) is 3. The summed E-state index contributed by atoms with van der Waals surface area (Å²) < 4.78 is 0.516. The first kappa shape index (κ1) is 13.4. The molecular weight excluding hydrogens is 317 g/mol. The summed E-state index contributed by atoms with van der Waals surface area (Å²) in [6, 6.07) is 0. The van der Waals surface area contributed by atoms with Crippen LogP contribution in [-0.2, 0) is 9.59 Å². The molecule has 0 saturated heterocycles. The van der Waals surface area contributed by atoms with Crippen molar-refractivity contribution >= 4 is 34.2 Å². The van der Waals surface area contributed by atoms with Gasteiger partial charge in [-0.25, -0.2) is 0 Å². The summed E-state index contributed by atoms with van der Waals surface area (Å²) >= 11 is 1.95. The highest BCUT2D eigenvalue weighted by molar-refractivity contribution is 14.1. The van der Waals surface area contributed by atoms with E-state index in [-0.39, 0.29) is 11.6 Å². The van der Waals surface area contributed by atoms with Crippen LogP contribution in [0.5, 0.6) is 0 Å². The van der Waals surface area contributed by atoms with Gasteiger partial charge in [-0.2, -0.15) is 0 Å². The minimum atomic E-state index is -0.0439. The molecule has 88 valence electrons. The summed E-state index contributed by atoms with van der Waals surface area (Å²) in [6.07, 6.45) is 2.06. The molecule has 0 heterocycles. The monoisotopic (exact) mass is 333 g/mol. The fourth-order valence-electron chi connectivity index (χ4n) is 1.45. The number of nitrogens with one attached hydrogen (secondary N) is 1. The van der Waals surface area contributed by atoms with Crippen LogP contribution in [0.4, 0.5) is 0 Å². The van der Waals surface area contributed by atoms with Gasteiger partial charge in [-0.15, -0.1) is 0 Å². The predicted octanol–water partition coefficient (Wildman–Crippen LogP) is 2.51. The van der Waals surface area contributed by atoms with Crippen molar-refractivity contribution in [3.05, 3.63) is 20.4 Å². The maximum Gasteiger partial charge on any atom is 0.206 e. The summed E-state index contributed by atoms with van der Waals surface area (Å²) in [7, 11) is 0. The Hall–Kier alpha value is -0.650. The van der Waals surface area contributed by atoms with E-state index in [9.17, 15) is 9.59 Å². The fourth-order valence-corrected chi connectivity index (χ4v) is 2.29. The van der Waals surface area contributed by atoms with E-state index in [1.54, 1.807) is 13.8 Å². The summed E-state index contributed by atoms with van der Waals surface area (Å²) in [5.74, 6) is -0.0747. The van der Waals surface area contributed by atoms with Crippen molar-refractivity contribution in [1.82, 2.24) is 5.32 Å². The van der Waals surface area contributed by atoms with Crippen LogP contribution in [0.15, 0.2) is 20.4 Å². The Morgan fingerprint density at radius 3 is 2.25 bits per heavy atom. The zero-order valence-electron chi connectivity index (χ0n) is 9.82. The molecule has 1 N–H and O–H groups in total. The molecule has 4 heteroatoms. The van der Waals surface area contributed by atoms with Gasteiger partial charge >= 0.3 is 0 Å². The van der Waals surface area contributed by atoms with E-state index in [4.69, 9.17) is 0 Å². The molecule has 16 heavy (non-hydrogen) atoms. The van der Waals surface area contributed by atoms with Crippen molar-refractivity contribution in [2.24, 2.45) is 0 Å². The Labute approximate surface area is 110 Å². The van der Waals surface area contributed by atoms with Crippen LogP contribution < -0.4 is 5.32 Å². The van der Waals surface area contributed by atoms with Crippen LogP contribution in [0.25, 0.3) is 0 Å². The number of unbranched alkanes of at least 4 members (excludes halogenated alkanes) is 1. The van der Waals surface area contributed by atoms with E-state index in [1.807, 2.05) is 22.6 Å². The second-order valence-electron chi connectivity index (χ2n) is 3.88. The second-order valence-corrected chi connectivity index (χ2v) is 4.96. The Bertz CT molecular complexity index is 394. The molecule has 3 nitrogen and oxygen atoms in total. The van der Waals surface area contributed by atoms with E-state index in [1.165, 1.54) is 0 Å². The molecule has 0 bridgehead atoms. The van der Waals surface area contributed by atoms with Crippen molar-refractivity contribution in [3.8, 4) is 0 Å². The van der Waals surface area contributed by atoms with Gasteiger partial charge in [0.15, 0.2) is 5.78 Å². The Morgan fingerprint density at radius 2 is 1.69 bits per heavy atom. The number of Topliss-reactive ketones (excluding diaryl/α,β-unsaturated/α-hetero) is 2. The SMILES string of the molecule is CCCCNC1=C(I)C(=O)C(C)=C(C)C1=O. The molecule has 1 rings (SSSR count). The van der Waals surface area contributed by atoms with Crippen LogP contribution in [0, 0.1) is 0 Å². The number of carbonyl (C=O) groups excluding carboxylic acids is 2. The lowest BCUT2D eigenvalue weighted by Crippen LogP contribution is -2.29. The lowest BCUT2D eigenvalue weighted by molar-refractivity contribution is -0.116. The van der Waals surface area contributed by atoms with Gasteiger partial charge < -0.3 is 5.32 Å². The van der Waals surface area contributed by atoms with E-state index in [0.717, 1.165) is 19.4 Å². The summed E-state index contributed by atoms with van der Waals surface area (Å²) in [4.78, 5) is 23.8. The average molecular weight is 333 g/mol. The van der Waals surface area contributed by atoms with E-state index >= 15 is 0 Å². The van der Waals surface area contributed by atoms with E-state index in [0.29, 0.717) is 20.4 Å². The van der Waals surface area contributed by atoms with Crippen molar-refractivity contribution in [1.29, 1.82) is 0 Å². The molecule has 1 aliphatic carbocycles. The van der Waals surface area contributed by atoms with Crippen LogP contribution in [0.3, 0.4) is 0 Å². The Balaban J connectivity index is 2.91. The third-order valence-corrected chi connectivity index (χ3v) is 3.75. The van der Waals surface area contributed by atoms with Crippen LogP contribution in [-0.4, -0.2) is 18.1 Å². The van der Waals surface area contributed by atoms with Crippen molar-refractivity contribution in [2.75, 3.05) is 6.54 Å². The van der Waals surface area contributed by atoms with E-state index < -0.39 is 0 Å². The van der Waals surface area contributed by atoms with E-state index in [2.05, 4.69) is 12.2 Å². The molecule has 0 radical (unpaired) electrons. The standard InChI is InChI=1S/C12H16INO2/c1-4-5-6-14-10-9(13)11(15)7(2)8(3)12(10)16/h14H,4-6H2,1-3H3. The molecule has 0 saturated carbocycles. The molecule has 0 aromatic rings. The number of halogens is 1. The fraction of sp³-hybridized carbons (Fsp3) is 0.500. The van der Waals surface area contributed by atoms with Crippen LogP contribution in [0.2, 0.25) is 0 Å². The number of rotatable bonds is 4. The van der Waals surface area contributed by atoms with Gasteiger partial charge in [0.05, 0.1) is 9.28 Å². The van der Waals surface area contributed by atoms with Crippen LogP contribution in [0.1, 0.15) is 33.6 Å². The quantitative estimate of drug-likeness (QED) is 0.489. The largest absolute Gasteiger partial charge is 0.381 e. The topological polar surface area (TPSA) is 46.2 Å². The number of ketones is 2. The Kier molecular flexibility index (Phi) is 4.70. The zero-order chi connectivity index (χ0) is 12.3. The predicted molar refractivity (Wildman–Crippen MR) is 72.3 cm³/mol. The zero-order valence-corrected chi connectivity index (χ0v) is 12.0. The molecule has 0 amide bonds. The highest BCUT2D eigenvalue weighted by Gasteiger charge is 2.28. The van der Waals surface area contributed by atoms with Gasteiger partial charge in [-0.05, 0) is 42.9 Å². The second kappa shape index (κ2) is 5.61.